The Morgan fingerprint density at radius 3 is 1.28 bits per heavy atom. The number of hydrogen-bond donors (Lipinski definition) is 0. The third-order valence-corrected chi connectivity index (χ3v) is 3.45. The van der Waals surface area contributed by atoms with Crippen LogP contribution < -0.4 is 4.57 Å². The average molecular weight is 477 g/mol. The fourth-order valence-corrected chi connectivity index (χ4v) is 1.39. The van der Waals surface area contributed by atoms with Crippen LogP contribution in [0.3, 0.4) is 0 Å². The summed E-state index contributed by atoms with van der Waals surface area (Å²) < 4.78 is 122. The Hall–Kier alpha value is -1.98. The van der Waals surface area contributed by atoms with E-state index in [1.165, 1.54) is 0 Å². The van der Waals surface area contributed by atoms with E-state index in [-0.39, 0.29) is 0 Å². The standard InChI is InChI=1S/C10H17N3.2CHF3O3S/c1-11(2)10(12(3)4)13-8-6-5-7-9-13;2*2-1(3,4)8(5,6)7/h5-9H,1-4H3;2*(H,5,6,7)/q+2;;/p-2. The molecule has 1 aromatic heterocycles. The maximum Gasteiger partial charge on any atom is 0.526 e. The van der Waals surface area contributed by atoms with Crippen molar-refractivity contribution in [2.24, 2.45) is 0 Å². The minimum atomic E-state index is -6.09. The molecule has 170 valence electrons. The first kappa shape index (κ1) is 29.2. The van der Waals surface area contributed by atoms with Gasteiger partial charge in [-0.2, -0.15) is 35.8 Å². The van der Waals surface area contributed by atoms with E-state index in [4.69, 9.17) is 25.9 Å². The average Bonchev–Trinajstić information content (AvgIpc) is 2.44. The summed E-state index contributed by atoms with van der Waals surface area (Å²) in [5.41, 5.74) is -11.3. The summed E-state index contributed by atoms with van der Waals surface area (Å²) in [6, 6.07) is 6.06. The molecular weight excluding hydrogens is 460 g/mol. The highest BCUT2D eigenvalue weighted by Crippen LogP contribution is 2.21. The van der Waals surface area contributed by atoms with Gasteiger partial charge in [-0.25, -0.2) is 16.8 Å². The summed E-state index contributed by atoms with van der Waals surface area (Å²) in [6.07, 6.45) is 4.07. The van der Waals surface area contributed by atoms with Gasteiger partial charge in [-0.15, -0.1) is 4.57 Å². The predicted molar refractivity (Wildman–Crippen MR) is 84.3 cm³/mol. The van der Waals surface area contributed by atoms with E-state index in [0.717, 1.165) is 5.96 Å². The lowest BCUT2D eigenvalue weighted by molar-refractivity contribution is -0.636. The molecule has 0 spiro atoms. The SMILES string of the molecule is CN(C)C(=[N+](C)C)[n+]1ccccc1.O=S(=O)([O-])C(F)(F)F.O=S(=O)([O-])C(F)(F)F. The molecule has 0 bridgehead atoms. The molecule has 29 heavy (non-hydrogen) atoms. The number of rotatable bonds is 0. The van der Waals surface area contributed by atoms with Crippen LogP contribution in [0.1, 0.15) is 0 Å². The van der Waals surface area contributed by atoms with Gasteiger partial charge in [-0.1, -0.05) is 6.07 Å². The third kappa shape index (κ3) is 11.6. The number of hydrogen-bond acceptors (Lipinski definition) is 6. The summed E-state index contributed by atoms with van der Waals surface area (Å²) in [5, 5.41) is 0. The molecule has 0 amide bonds. The number of nitrogens with zero attached hydrogens (tertiary/aromatic N) is 3. The highest BCUT2D eigenvalue weighted by atomic mass is 32.2. The Bertz CT molecular complexity index is 835. The van der Waals surface area contributed by atoms with E-state index >= 15 is 0 Å². The lowest BCUT2D eigenvalue weighted by atomic mass is 10.5. The normalized spacial score (nSPS) is 12.0. The molecule has 0 radical (unpaired) electrons. The van der Waals surface area contributed by atoms with Crippen LogP contribution in [0.4, 0.5) is 26.3 Å². The minimum Gasteiger partial charge on any atom is -0.741 e. The molecule has 0 saturated heterocycles. The number of halogens is 6. The Kier molecular flexibility index (Phi) is 10.8. The molecule has 0 aliphatic heterocycles. The fourth-order valence-electron chi connectivity index (χ4n) is 1.39. The lowest BCUT2D eigenvalue weighted by Gasteiger charge is -2.08. The summed E-state index contributed by atoms with van der Waals surface area (Å²) in [7, 11) is -4.03. The van der Waals surface area contributed by atoms with Crippen LogP contribution in [0.2, 0.25) is 0 Å². The zero-order valence-corrected chi connectivity index (χ0v) is 16.9. The Labute approximate surface area is 163 Å². The van der Waals surface area contributed by atoms with Crippen molar-refractivity contribution < 1.29 is 61.4 Å². The molecule has 0 aliphatic rings. The van der Waals surface area contributed by atoms with Crippen LogP contribution in [0, 0.1) is 0 Å². The van der Waals surface area contributed by atoms with Crippen LogP contribution >= 0.6 is 0 Å². The van der Waals surface area contributed by atoms with Crippen molar-refractivity contribution in [3.05, 3.63) is 30.6 Å². The molecule has 17 heteroatoms. The number of aromatic nitrogens is 1. The molecule has 1 aromatic rings. The van der Waals surface area contributed by atoms with Crippen LogP contribution in [-0.2, 0) is 20.2 Å². The smallest absolute Gasteiger partial charge is 0.526 e. The highest BCUT2D eigenvalue weighted by Gasteiger charge is 2.37. The second-order valence-electron chi connectivity index (χ2n) is 5.17. The molecule has 0 saturated carbocycles. The van der Waals surface area contributed by atoms with Crippen molar-refractivity contribution in [3.8, 4) is 0 Å². The van der Waals surface area contributed by atoms with E-state index < -0.39 is 31.3 Å². The van der Waals surface area contributed by atoms with Gasteiger partial charge in [-0.3, -0.25) is 0 Å². The zero-order valence-electron chi connectivity index (χ0n) is 15.3. The summed E-state index contributed by atoms with van der Waals surface area (Å²) in [4.78, 5) is 2.08. The Morgan fingerprint density at radius 2 is 1.10 bits per heavy atom. The quantitative estimate of drug-likeness (QED) is 0.130. The molecule has 0 N–H and O–H groups in total. The number of pyridine rings is 1. The summed E-state index contributed by atoms with van der Waals surface area (Å²) in [5.74, 6) is 1.14. The molecule has 0 fully saturated rings. The molecule has 0 unspecified atom stereocenters. The van der Waals surface area contributed by atoms with E-state index in [1.54, 1.807) is 0 Å². The first-order valence-electron chi connectivity index (χ1n) is 6.85. The van der Waals surface area contributed by atoms with Gasteiger partial charge >= 0.3 is 17.0 Å². The maximum absolute atomic E-state index is 10.7. The van der Waals surface area contributed by atoms with Crippen molar-refractivity contribution in [3.63, 3.8) is 0 Å². The number of alkyl halides is 6. The van der Waals surface area contributed by atoms with Crippen LogP contribution in [0.15, 0.2) is 30.6 Å². The maximum atomic E-state index is 10.7. The van der Waals surface area contributed by atoms with E-state index in [1.807, 2.05) is 58.8 Å². The van der Waals surface area contributed by atoms with Gasteiger partial charge < -0.3 is 9.11 Å². The first-order valence-corrected chi connectivity index (χ1v) is 9.67. The van der Waals surface area contributed by atoms with Crippen LogP contribution in [0.25, 0.3) is 0 Å². The van der Waals surface area contributed by atoms with Gasteiger partial charge in [0.1, 0.15) is 40.6 Å². The zero-order chi connectivity index (χ0) is 23.8. The van der Waals surface area contributed by atoms with Gasteiger partial charge in [0.15, 0.2) is 20.2 Å². The predicted octanol–water partition coefficient (Wildman–Crippen LogP) is 0.115. The molecule has 0 atom stereocenters. The van der Waals surface area contributed by atoms with Crippen molar-refractivity contribution in [1.29, 1.82) is 0 Å². The second kappa shape index (κ2) is 10.7. The van der Waals surface area contributed by atoms with Gasteiger partial charge in [-0.05, 0) is 12.1 Å². The van der Waals surface area contributed by atoms with Gasteiger partial charge in [0.2, 0.25) is 0 Å². The lowest BCUT2D eigenvalue weighted by Crippen LogP contribution is -2.54. The van der Waals surface area contributed by atoms with E-state index in [9.17, 15) is 26.3 Å². The Morgan fingerprint density at radius 1 is 0.828 bits per heavy atom. The summed E-state index contributed by atoms with van der Waals surface area (Å²) in [6.45, 7) is 0. The van der Waals surface area contributed by atoms with E-state index in [0.29, 0.717) is 0 Å². The van der Waals surface area contributed by atoms with Gasteiger partial charge in [0, 0.05) is 0 Å². The highest BCUT2D eigenvalue weighted by molar-refractivity contribution is 7.86. The van der Waals surface area contributed by atoms with Crippen molar-refractivity contribution in [1.82, 2.24) is 4.90 Å². The van der Waals surface area contributed by atoms with Crippen LogP contribution in [0.5, 0.6) is 0 Å². The first-order chi connectivity index (χ1) is 12.6. The molecule has 1 heterocycles. The minimum absolute atomic E-state index is 1.14. The fraction of sp³-hybridized carbons (Fsp3) is 0.500. The summed E-state index contributed by atoms with van der Waals surface area (Å²) >= 11 is 0. The van der Waals surface area contributed by atoms with Crippen LogP contribution in [-0.4, -0.2) is 80.6 Å². The Balaban J connectivity index is 0. The van der Waals surface area contributed by atoms with Gasteiger partial charge in [0.25, 0.3) is 0 Å². The molecule has 0 aromatic carbocycles. The largest absolute Gasteiger partial charge is 0.741 e. The van der Waals surface area contributed by atoms with Crippen molar-refractivity contribution in [2.45, 2.75) is 11.0 Å². The molecule has 1 rings (SSSR count). The topological polar surface area (TPSA) is 125 Å². The van der Waals surface area contributed by atoms with Gasteiger partial charge in [0.05, 0.1) is 0 Å². The van der Waals surface area contributed by atoms with E-state index in [2.05, 4.69) is 14.0 Å². The third-order valence-electron chi connectivity index (χ3n) is 2.31. The van der Waals surface area contributed by atoms with Crippen molar-refractivity contribution in [2.75, 3.05) is 28.2 Å². The molecule has 9 nitrogen and oxygen atoms in total. The monoisotopic (exact) mass is 477 g/mol. The molecule has 0 aliphatic carbocycles. The second-order valence-corrected chi connectivity index (χ2v) is 7.91. The van der Waals surface area contributed by atoms with Crippen molar-refractivity contribution >= 4 is 26.2 Å². The molecular formula is C12H17F6N3O6S2.